The maximum atomic E-state index is 14.0. The highest BCUT2D eigenvalue weighted by Crippen LogP contribution is 2.67. The highest BCUT2D eigenvalue weighted by Gasteiger charge is 2.68. The first kappa shape index (κ1) is 40.5. The van der Waals surface area contributed by atoms with Gasteiger partial charge in [0.05, 0.1) is 39.3 Å². The number of hydrogen-bond donors (Lipinski definition) is 3. The summed E-state index contributed by atoms with van der Waals surface area (Å²) in [6.45, 7) is 12.7. The molecule has 0 unspecified atom stereocenters. The van der Waals surface area contributed by atoms with E-state index in [-0.39, 0.29) is 34.9 Å². The van der Waals surface area contributed by atoms with Crippen LogP contribution in [0.3, 0.4) is 0 Å². The van der Waals surface area contributed by atoms with Crippen LogP contribution in [-0.2, 0) is 9.59 Å². The van der Waals surface area contributed by atoms with E-state index in [1.807, 2.05) is 6.08 Å². The monoisotopic (exact) mass is 686 g/mol. The van der Waals surface area contributed by atoms with E-state index in [1.54, 1.807) is 0 Å². The predicted octanol–water partition coefficient (Wildman–Crippen LogP) is 9.06. The van der Waals surface area contributed by atoms with Crippen LogP contribution >= 0.6 is 0 Å². The van der Waals surface area contributed by atoms with Gasteiger partial charge in [0.1, 0.15) is 5.60 Å². The quantitative estimate of drug-likeness (QED) is 0.0784. The highest BCUT2D eigenvalue weighted by molar-refractivity contribution is 5.91. The van der Waals surface area contributed by atoms with E-state index >= 15 is 0 Å². The molecule has 0 radical (unpaired) electrons. The zero-order chi connectivity index (χ0) is 35.5. The first-order chi connectivity index (χ1) is 23.4. The molecule has 282 valence electrons. The molecule has 3 fully saturated rings. The molecule has 6 nitrogen and oxygen atoms in total. The van der Waals surface area contributed by atoms with Crippen molar-refractivity contribution in [3.63, 3.8) is 0 Å². The summed E-state index contributed by atoms with van der Waals surface area (Å²) in [5.74, 6) is 0.564. The Labute approximate surface area is 301 Å². The number of aliphatic hydroxyl groups excluding tert-OH is 1. The average Bonchev–Trinajstić information content (AvgIpc) is 3.34. The Morgan fingerprint density at radius 1 is 0.816 bits per heavy atom. The number of aliphatic hydroxyl groups is 2. The molecule has 0 aromatic rings. The number of fused-ring (bicyclic) bond motifs is 5. The number of unbranched alkanes of at least 4 members (excludes halogenated alkanes) is 14. The van der Waals surface area contributed by atoms with E-state index in [9.17, 15) is 19.8 Å². The minimum atomic E-state index is -1.46. The van der Waals surface area contributed by atoms with Gasteiger partial charge in [0, 0.05) is 11.8 Å². The van der Waals surface area contributed by atoms with E-state index in [1.165, 1.54) is 108 Å². The van der Waals surface area contributed by atoms with Crippen molar-refractivity contribution in [2.45, 2.75) is 187 Å². The lowest BCUT2D eigenvalue weighted by atomic mass is 9.45. The minimum Gasteiger partial charge on any atom is -0.393 e. The number of allylic oxidation sites excluding steroid dienone is 1. The number of carbonyl (C=O) groups excluding carboxylic acids is 2. The van der Waals surface area contributed by atoms with Gasteiger partial charge in [0.2, 0.25) is 0 Å². The second-order valence-corrected chi connectivity index (χ2v) is 18.0. The first-order valence-electron chi connectivity index (χ1n) is 21.2. The minimum absolute atomic E-state index is 0.0924. The van der Waals surface area contributed by atoms with Gasteiger partial charge in [-0.15, -0.1) is 0 Å². The summed E-state index contributed by atoms with van der Waals surface area (Å²) in [7, 11) is 2.39. The van der Waals surface area contributed by atoms with Crippen LogP contribution in [0.2, 0.25) is 0 Å². The molecular formula is C43H77N2O4+. The van der Waals surface area contributed by atoms with Crippen molar-refractivity contribution in [3.8, 4) is 0 Å². The van der Waals surface area contributed by atoms with Crippen LogP contribution in [-0.4, -0.2) is 71.3 Å². The SMILES string of the molecule is CCCCCCCCCC[N+](C)(CCCCCCCCCC)CCNC(=O)[C@@]1(O)CC[C@H]2[C@@H]3CCC4=CC(=O)CC[C@]4(C)[C@H]3[C@@H](O)C[C@@]21C. The molecule has 0 spiro atoms. The number of ketones is 1. The van der Waals surface area contributed by atoms with Crippen molar-refractivity contribution in [1.29, 1.82) is 0 Å². The van der Waals surface area contributed by atoms with E-state index in [0.29, 0.717) is 25.8 Å². The largest absolute Gasteiger partial charge is 0.393 e. The van der Waals surface area contributed by atoms with Crippen LogP contribution < -0.4 is 5.32 Å². The summed E-state index contributed by atoms with van der Waals surface area (Å²) < 4.78 is 0.990. The molecular weight excluding hydrogens is 608 g/mol. The summed E-state index contributed by atoms with van der Waals surface area (Å²) in [5.41, 5.74) is -1.04. The summed E-state index contributed by atoms with van der Waals surface area (Å²) in [6.07, 6.45) is 27.4. The van der Waals surface area contributed by atoms with Crippen molar-refractivity contribution in [2.24, 2.45) is 28.6 Å². The smallest absolute Gasteiger partial charge is 0.252 e. The predicted molar refractivity (Wildman–Crippen MR) is 202 cm³/mol. The van der Waals surface area contributed by atoms with Crippen molar-refractivity contribution in [2.75, 3.05) is 33.2 Å². The third-order valence-corrected chi connectivity index (χ3v) is 14.5. The Kier molecular flexibility index (Phi) is 15.3. The average molecular weight is 686 g/mol. The molecule has 0 heterocycles. The van der Waals surface area contributed by atoms with Gasteiger partial charge in [-0.2, -0.15) is 0 Å². The van der Waals surface area contributed by atoms with Gasteiger partial charge < -0.3 is 20.0 Å². The summed E-state index contributed by atoms with van der Waals surface area (Å²) in [5, 5.41) is 27.3. The Hall–Kier alpha value is -1.24. The number of nitrogens with one attached hydrogen (secondary N) is 1. The summed E-state index contributed by atoms with van der Waals surface area (Å²) in [4.78, 5) is 26.3. The van der Waals surface area contributed by atoms with Crippen LogP contribution in [0.15, 0.2) is 11.6 Å². The topological polar surface area (TPSA) is 86.6 Å². The fourth-order valence-electron chi connectivity index (χ4n) is 11.2. The fraction of sp³-hybridized carbons (Fsp3) is 0.907. The molecule has 3 saturated carbocycles. The zero-order valence-corrected chi connectivity index (χ0v) is 32.6. The lowest BCUT2D eigenvalue weighted by Crippen LogP contribution is -2.63. The lowest BCUT2D eigenvalue weighted by molar-refractivity contribution is -0.908. The second kappa shape index (κ2) is 18.5. The molecule has 0 aliphatic heterocycles. The molecule has 49 heavy (non-hydrogen) atoms. The second-order valence-electron chi connectivity index (χ2n) is 18.0. The van der Waals surface area contributed by atoms with E-state index in [4.69, 9.17) is 0 Å². The molecule has 3 N–H and O–H groups in total. The molecule has 0 aromatic heterocycles. The maximum Gasteiger partial charge on any atom is 0.252 e. The number of quaternary nitrogens is 1. The molecule has 0 aromatic carbocycles. The third-order valence-electron chi connectivity index (χ3n) is 14.5. The lowest BCUT2D eigenvalue weighted by Gasteiger charge is -2.60. The van der Waals surface area contributed by atoms with Gasteiger partial charge >= 0.3 is 0 Å². The van der Waals surface area contributed by atoms with Crippen molar-refractivity contribution in [3.05, 3.63) is 11.6 Å². The van der Waals surface area contributed by atoms with Gasteiger partial charge in [-0.25, -0.2) is 0 Å². The van der Waals surface area contributed by atoms with Crippen LogP contribution in [0.25, 0.3) is 0 Å². The molecule has 1 amide bonds. The molecule has 7 atom stereocenters. The highest BCUT2D eigenvalue weighted by atomic mass is 16.3. The Bertz CT molecular complexity index is 1070. The number of carbonyl (C=O) groups is 2. The van der Waals surface area contributed by atoms with Gasteiger partial charge in [0.15, 0.2) is 5.78 Å². The first-order valence-corrected chi connectivity index (χ1v) is 21.2. The molecule has 0 bridgehead atoms. The molecule has 4 aliphatic rings. The number of hydrogen-bond acceptors (Lipinski definition) is 4. The zero-order valence-electron chi connectivity index (χ0n) is 32.6. The fourth-order valence-corrected chi connectivity index (χ4v) is 11.2. The van der Waals surface area contributed by atoms with Crippen LogP contribution in [0.4, 0.5) is 0 Å². The number of rotatable bonds is 22. The van der Waals surface area contributed by atoms with Gasteiger partial charge in [-0.3, -0.25) is 9.59 Å². The van der Waals surface area contributed by atoms with Crippen molar-refractivity contribution < 1.29 is 24.3 Å². The van der Waals surface area contributed by atoms with Gasteiger partial charge in [-0.1, -0.05) is 110 Å². The van der Waals surface area contributed by atoms with E-state index in [0.717, 1.165) is 49.8 Å². The van der Waals surface area contributed by atoms with Crippen LogP contribution in [0.1, 0.15) is 175 Å². The standard InChI is InChI=1S/C43H76N2O4/c1-6-8-10-12-14-16-18-20-29-45(5,30-21-19-17-15-13-11-9-7-2)31-28-44-40(48)43(49)27-25-37-36-23-22-34-32-35(46)24-26-41(34,3)39(36)38(47)33-42(37,43)4/h32,36-39,47,49H,6-31,33H2,1-5H3/p+1/t36-,37-,38-,39+,41-,42-,43-/m0/s1. The maximum absolute atomic E-state index is 14.0. The van der Waals surface area contributed by atoms with E-state index < -0.39 is 17.1 Å². The Balaban J connectivity index is 1.32. The molecule has 4 rings (SSSR count). The number of nitrogens with zero attached hydrogens (tertiary/aromatic N) is 1. The van der Waals surface area contributed by atoms with Gasteiger partial charge in [-0.05, 0) is 93.5 Å². The molecule has 0 saturated heterocycles. The summed E-state index contributed by atoms with van der Waals surface area (Å²) >= 11 is 0. The van der Waals surface area contributed by atoms with E-state index in [2.05, 4.69) is 40.1 Å². The van der Waals surface area contributed by atoms with Crippen molar-refractivity contribution >= 4 is 11.7 Å². The number of likely N-dealkylation sites (N-methyl/N-ethyl adjacent to an activating group) is 1. The molecule has 4 aliphatic carbocycles. The summed E-state index contributed by atoms with van der Waals surface area (Å²) in [6, 6.07) is 0. The van der Waals surface area contributed by atoms with Crippen molar-refractivity contribution in [1.82, 2.24) is 5.32 Å². The number of amides is 1. The third kappa shape index (κ3) is 9.60. The van der Waals surface area contributed by atoms with Gasteiger partial charge in [0.25, 0.3) is 5.91 Å². The molecule has 6 heteroatoms. The van der Waals surface area contributed by atoms with Crippen LogP contribution in [0.5, 0.6) is 0 Å². The normalized spacial score (nSPS) is 32.7. The Morgan fingerprint density at radius 3 is 1.94 bits per heavy atom. The van der Waals surface area contributed by atoms with Crippen LogP contribution in [0, 0.1) is 28.6 Å². The Morgan fingerprint density at radius 2 is 1.37 bits per heavy atom.